The Morgan fingerprint density at radius 3 is 2.25 bits per heavy atom. The second-order valence-electron chi connectivity index (χ2n) is 5.01. The fraction of sp³-hybridized carbons (Fsp3) is 0.923. The predicted octanol–water partition coefficient (Wildman–Crippen LogP) is 3.67. The number of amidine groups is 1. The van der Waals surface area contributed by atoms with E-state index in [0.717, 1.165) is 6.54 Å². The SMILES string of the molecule is CCC(CC)(CC)NC1=NCC(C(C)C)S1. The molecule has 1 rings (SSSR count). The highest BCUT2D eigenvalue weighted by molar-refractivity contribution is 8.14. The molecule has 1 heterocycles. The highest BCUT2D eigenvalue weighted by Crippen LogP contribution is 2.29. The van der Waals surface area contributed by atoms with Crippen LogP contribution in [0.25, 0.3) is 0 Å². The summed E-state index contributed by atoms with van der Waals surface area (Å²) in [6, 6.07) is 0. The number of hydrogen-bond acceptors (Lipinski definition) is 3. The molecule has 0 amide bonds. The molecule has 0 aliphatic carbocycles. The normalized spacial score (nSPS) is 21.4. The van der Waals surface area contributed by atoms with E-state index >= 15 is 0 Å². The third-order valence-corrected chi connectivity index (χ3v) is 5.27. The molecule has 0 aromatic heterocycles. The van der Waals surface area contributed by atoms with Gasteiger partial charge in [-0.05, 0) is 25.2 Å². The average Bonchev–Trinajstić information content (AvgIpc) is 2.74. The highest BCUT2D eigenvalue weighted by atomic mass is 32.2. The molecule has 0 aromatic rings. The summed E-state index contributed by atoms with van der Waals surface area (Å²) in [5.74, 6) is 0.715. The summed E-state index contributed by atoms with van der Waals surface area (Å²) in [7, 11) is 0. The van der Waals surface area contributed by atoms with Crippen LogP contribution in [0.5, 0.6) is 0 Å². The molecule has 1 aliphatic rings. The minimum atomic E-state index is 0.262. The maximum Gasteiger partial charge on any atom is 0.157 e. The molecule has 0 fully saturated rings. The summed E-state index contributed by atoms with van der Waals surface area (Å²) in [5, 5.41) is 5.52. The Morgan fingerprint density at radius 2 is 1.88 bits per heavy atom. The number of nitrogens with one attached hydrogen (secondary N) is 1. The van der Waals surface area contributed by atoms with E-state index in [0.29, 0.717) is 11.2 Å². The second kappa shape index (κ2) is 5.95. The third kappa shape index (κ3) is 3.16. The monoisotopic (exact) mass is 242 g/mol. The lowest BCUT2D eigenvalue weighted by Gasteiger charge is -2.32. The van der Waals surface area contributed by atoms with Crippen molar-refractivity contribution in [1.29, 1.82) is 0 Å². The highest BCUT2D eigenvalue weighted by Gasteiger charge is 2.29. The number of nitrogens with zero attached hydrogens (tertiary/aromatic N) is 1. The van der Waals surface area contributed by atoms with Crippen LogP contribution in [0.1, 0.15) is 53.9 Å². The Bertz CT molecular complexity index is 236. The zero-order valence-electron chi connectivity index (χ0n) is 11.3. The molecule has 3 heteroatoms. The molecule has 16 heavy (non-hydrogen) atoms. The van der Waals surface area contributed by atoms with Crippen molar-refractivity contribution in [3.05, 3.63) is 0 Å². The molecule has 94 valence electrons. The van der Waals surface area contributed by atoms with Crippen molar-refractivity contribution in [2.24, 2.45) is 10.9 Å². The van der Waals surface area contributed by atoms with Gasteiger partial charge in [-0.25, -0.2) is 0 Å². The Labute approximate surface area is 105 Å². The Balaban J connectivity index is 2.55. The van der Waals surface area contributed by atoms with Crippen LogP contribution >= 0.6 is 11.8 Å². The van der Waals surface area contributed by atoms with Gasteiger partial charge in [-0.2, -0.15) is 0 Å². The van der Waals surface area contributed by atoms with Gasteiger partial charge in [0.2, 0.25) is 0 Å². The number of hydrogen-bond donors (Lipinski definition) is 1. The van der Waals surface area contributed by atoms with Crippen molar-refractivity contribution in [1.82, 2.24) is 5.32 Å². The Kier molecular flexibility index (Phi) is 5.16. The van der Waals surface area contributed by atoms with E-state index in [1.165, 1.54) is 24.4 Å². The lowest BCUT2D eigenvalue weighted by molar-refractivity contribution is 0.342. The minimum absolute atomic E-state index is 0.262. The Morgan fingerprint density at radius 1 is 1.31 bits per heavy atom. The first-order valence-corrected chi connectivity index (χ1v) is 7.44. The molecule has 0 bridgehead atoms. The van der Waals surface area contributed by atoms with Gasteiger partial charge in [-0.15, -0.1) is 0 Å². The largest absolute Gasteiger partial charge is 0.360 e. The van der Waals surface area contributed by atoms with Crippen LogP contribution in [0.4, 0.5) is 0 Å². The number of aliphatic imine (C=N–C) groups is 1. The predicted molar refractivity (Wildman–Crippen MR) is 75.3 cm³/mol. The second-order valence-corrected chi connectivity index (χ2v) is 6.24. The van der Waals surface area contributed by atoms with Gasteiger partial charge in [0.1, 0.15) is 0 Å². The zero-order chi connectivity index (χ0) is 12.2. The molecule has 1 aliphatic heterocycles. The molecule has 2 nitrogen and oxygen atoms in total. The van der Waals surface area contributed by atoms with Gasteiger partial charge in [0, 0.05) is 10.8 Å². The molecule has 0 saturated carbocycles. The fourth-order valence-electron chi connectivity index (χ4n) is 2.05. The molecule has 1 atom stereocenters. The lowest BCUT2D eigenvalue weighted by Crippen LogP contribution is -2.45. The molecule has 0 aromatic carbocycles. The molecule has 1 unspecified atom stereocenters. The number of rotatable bonds is 5. The van der Waals surface area contributed by atoms with Gasteiger partial charge >= 0.3 is 0 Å². The van der Waals surface area contributed by atoms with Crippen LogP contribution < -0.4 is 5.32 Å². The number of thioether (sulfide) groups is 1. The van der Waals surface area contributed by atoms with Crippen molar-refractivity contribution in [3.8, 4) is 0 Å². The minimum Gasteiger partial charge on any atom is -0.360 e. The maximum atomic E-state index is 4.64. The van der Waals surface area contributed by atoms with Gasteiger partial charge in [-0.1, -0.05) is 46.4 Å². The molecular weight excluding hydrogens is 216 g/mol. The summed E-state index contributed by atoms with van der Waals surface area (Å²) < 4.78 is 0. The standard InChI is InChI=1S/C13H26N2S/c1-6-13(7-2,8-3)15-12-14-9-11(16-12)10(4)5/h10-11H,6-9H2,1-5H3,(H,14,15). The molecule has 0 saturated heterocycles. The first-order valence-electron chi connectivity index (χ1n) is 6.56. The molecular formula is C13H26N2S. The smallest absolute Gasteiger partial charge is 0.157 e. The molecule has 1 N–H and O–H groups in total. The van der Waals surface area contributed by atoms with Crippen LogP contribution in [0.3, 0.4) is 0 Å². The molecule has 0 radical (unpaired) electrons. The first-order chi connectivity index (χ1) is 7.56. The summed E-state index contributed by atoms with van der Waals surface area (Å²) in [6.45, 7) is 12.3. The van der Waals surface area contributed by atoms with Gasteiger partial charge in [0.15, 0.2) is 5.17 Å². The van der Waals surface area contributed by atoms with Gasteiger partial charge in [0.25, 0.3) is 0 Å². The van der Waals surface area contributed by atoms with Crippen molar-refractivity contribution >= 4 is 16.9 Å². The lowest BCUT2D eigenvalue weighted by atomic mass is 9.90. The van der Waals surface area contributed by atoms with Gasteiger partial charge in [-0.3, -0.25) is 4.99 Å². The van der Waals surface area contributed by atoms with Crippen LogP contribution in [0, 0.1) is 5.92 Å². The quantitative estimate of drug-likeness (QED) is 0.795. The Hall–Kier alpha value is -0.180. The van der Waals surface area contributed by atoms with Crippen LogP contribution in [0.15, 0.2) is 4.99 Å². The van der Waals surface area contributed by atoms with Crippen LogP contribution in [-0.4, -0.2) is 22.5 Å². The summed E-state index contributed by atoms with van der Waals surface area (Å²) >= 11 is 1.93. The fourth-order valence-corrected chi connectivity index (χ4v) is 3.18. The zero-order valence-corrected chi connectivity index (χ0v) is 12.2. The van der Waals surface area contributed by atoms with Gasteiger partial charge < -0.3 is 5.32 Å². The van der Waals surface area contributed by atoms with Crippen molar-refractivity contribution in [2.45, 2.75) is 64.7 Å². The van der Waals surface area contributed by atoms with E-state index in [9.17, 15) is 0 Å². The van der Waals surface area contributed by atoms with Crippen LogP contribution in [-0.2, 0) is 0 Å². The summed E-state index contributed by atoms with van der Waals surface area (Å²) in [6.07, 6.45) is 3.52. The van der Waals surface area contributed by atoms with E-state index in [2.05, 4.69) is 44.9 Å². The first kappa shape index (κ1) is 13.9. The topological polar surface area (TPSA) is 24.4 Å². The summed E-state index contributed by atoms with van der Waals surface area (Å²) in [4.78, 5) is 4.64. The van der Waals surface area contributed by atoms with E-state index in [4.69, 9.17) is 0 Å². The van der Waals surface area contributed by atoms with Crippen molar-refractivity contribution in [2.75, 3.05) is 6.54 Å². The van der Waals surface area contributed by atoms with Crippen LogP contribution in [0.2, 0.25) is 0 Å². The van der Waals surface area contributed by atoms with Crippen molar-refractivity contribution in [3.63, 3.8) is 0 Å². The maximum absolute atomic E-state index is 4.64. The summed E-state index contributed by atoms with van der Waals surface area (Å²) in [5.41, 5.74) is 0.262. The van der Waals surface area contributed by atoms with E-state index in [-0.39, 0.29) is 5.54 Å². The van der Waals surface area contributed by atoms with E-state index in [1.54, 1.807) is 0 Å². The molecule has 0 spiro atoms. The van der Waals surface area contributed by atoms with Gasteiger partial charge in [0.05, 0.1) is 6.54 Å². The third-order valence-electron chi connectivity index (χ3n) is 3.82. The van der Waals surface area contributed by atoms with E-state index < -0.39 is 0 Å². The van der Waals surface area contributed by atoms with Crippen molar-refractivity contribution < 1.29 is 0 Å². The van der Waals surface area contributed by atoms with E-state index in [1.807, 2.05) is 11.8 Å². The average molecular weight is 242 g/mol.